The molecule has 1 aromatic carbocycles. The maximum absolute atomic E-state index is 15.0. The molecule has 0 bridgehead atoms. The van der Waals surface area contributed by atoms with Gasteiger partial charge in [-0.3, -0.25) is 4.57 Å². The van der Waals surface area contributed by atoms with Gasteiger partial charge in [-0.2, -0.15) is 10.2 Å². The molecule has 2 aliphatic heterocycles. The van der Waals surface area contributed by atoms with Crippen molar-refractivity contribution in [3.8, 4) is 0 Å². The highest BCUT2D eigenvalue weighted by atomic mass is 19.1. The summed E-state index contributed by atoms with van der Waals surface area (Å²) in [7, 11) is 0. The average Bonchev–Trinajstić information content (AvgIpc) is 3.96. The zero-order chi connectivity index (χ0) is 39.2. The summed E-state index contributed by atoms with van der Waals surface area (Å²) >= 11 is 0. The summed E-state index contributed by atoms with van der Waals surface area (Å²) in [6.45, 7) is 12.2. The molecule has 0 amide bonds. The van der Waals surface area contributed by atoms with Gasteiger partial charge in [0.15, 0.2) is 0 Å². The monoisotopic (exact) mass is 775 g/mol. The van der Waals surface area contributed by atoms with Gasteiger partial charge < -0.3 is 29.7 Å². The Labute approximate surface area is 327 Å². The average molecular weight is 776 g/mol. The summed E-state index contributed by atoms with van der Waals surface area (Å²) in [5.41, 5.74) is 8.38. The summed E-state index contributed by atoms with van der Waals surface area (Å²) < 4.78 is 52.2. The molecule has 2 saturated heterocycles. The topological polar surface area (TPSA) is 131 Å². The second-order valence-electron chi connectivity index (χ2n) is 15.7. The lowest BCUT2D eigenvalue weighted by Crippen LogP contribution is -2.45. The van der Waals surface area contributed by atoms with Crippen LogP contribution in [0.25, 0.3) is 5.70 Å². The number of aromatic nitrogens is 6. The molecule has 0 radical (unpaired) electrons. The smallest absolute Gasteiger partial charge is 0.350 e. The summed E-state index contributed by atoms with van der Waals surface area (Å²) in [5, 5.41) is 8.73. The van der Waals surface area contributed by atoms with Crippen molar-refractivity contribution in [1.29, 1.82) is 0 Å². The first-order valence-corrected chi connectivity index (χ1v) is 20.0. The SMILES string of the molecule is CC(C)C(C(C)OCCCN)n1ncn(C2=CC=C(N3CCN(C4=CC=C(OCC5COC(Cn6cncn6)(c6ccc(F)cc6F)C5)CC4)CC3)CC2)c1=O. The van der Waals surface area contributed by atoms with Crippen molar-refractivity contribution in [3.05, 3.63) is 106 Å². The van der Waals surface area contributed by atoms with Crippen molar-refractivity contribution < 1.29 is 23.0 Å². The number of benzene rings is 1. The zero-order valence-electron chi connectivity index (χ0n) is 32.7. The molecule has 15 heteroatoms. The van der Waals surface area contributed by atoms with Gasteiger partial charge in [-0.15, -0.1) is 0 Å². The summed E-state index contributed by atoms with van der Waals surface area (Å²) in [6.07, 6.45) is 17.6. The lowest BCUT2D eigenvalue weighted by Gasteiger charge is -2.40. The van der Waals surface area contributed by atoms with Crippen LogP contribution in [0.2, 0.25) is 0 Å². The van der Waals surface area contributed by atoms with E-state index in [9.17, 15) is 9.18 Å². The third kappa shape index (κ3) is 8.84. The normalized spacial score (nSPS) is 22.8. The number of nitrogens with two attached hydrogens (primary N) is 1. The van der Waals surface area contributed by atoms with Crippen LogP contribution in [0.1, 0.15) is 70.9 Å². The van der Waals surface area contributed by atoms with Gasteiger partial charge >= 0.3 is 5.69 Å². The number of allylic oxidation sites excluding steroid dienone is 8. The van der Waals surface area contributed by atoms with Crippen LogP contribution in [0.4, 0.5) is 8.78 Å². The Morgan fingerprint density at radius 2 is 1.66 bits per heavy atom. The molecule has 4 atom stereocenters. The molecule has 13 nitrogen and oxygen atoms in total. The Morgan fingerprint density at radius 3 is 2.29 bits per heavy atom. The molecule has 4 aliphatic rings. The fraction of sp³-hybridized carbons (Fsp3) is 0.561. The molecule has 4 heterocycles. The van der Waals surface area contributed by atoms with Crippen LogP contribution in [-0.4, -0.2) is 97.6 Å². The van der Waals surface area contributed by atoms with Crippen LogP contribution in [0, 0.1) is 23.5 Å². The molecule has 2 aliphatic carbocycles. The van der Waals surface area contributed by atoms with Crippen molar-refractivity contribution in [3.63, 3.8) is 0 Å². The minimum absolute atomic E-state index is 0.0267. The summed E-state index contributed by atoms with van der Waals surface area (Å²) in [4.78, 5) is 22.5. The van der Waals surface area contributed by atoms with E-state index in [-0.39, 0.29) is 36.2 Å². The number of piperazine rings is 1. The molecular formula is C41H55F2N9O4. The van der Waals surface area contributed by atoms with Gasteiger partial charge in [-0.25, -0.2) is 27.9 Å². The van der Waals surface area contributed by atoms with Crippen molar-refractivity contribution in [2.45, 2.75) is 83.6 Å². The molecular weight excluding hydrogens is 721 g/mol. The van der Waals surface area contributed by atoms with E-state index in [0.29, 0.717) is 38.3 Å². The second-order valence-corrected chi connectivity index (χ2v) is 15.7. The van der Waals surface area contributed by atoms with Crippen LogP contribution in [0.5, 0.6) is 0 Å². The Kier molecular flexibility index (Phi) is 12.5. The van der Waals surface area contributed by atoms with E-state index in [1.54, 1.807) is 26.6 Å². The summed E-state index contributed by atoms with van der Waals surface area (Å²) in [5.74, 6) is -0.130. The molecule has 4 unspecified atom stereocenters. The third-order valence-electron chi connectivity index (χ3n) is 11.5. The highest BCUT2D eigenvalue weighted by molar-refractivity contribution is 5.51. The second kappa shape index (κ2) is 17.7. The predicted octanol–water partition coefficient (Wildman–Crippen LogP) is 5.21. The number of hydrogen-bond donors (Lipinski definition) is 1. The van der Waals surface area contributed by atoms with Crippen molar-refractivity contribution in [2.24, 2.45) is 17.6 Å². The molecule has 0 spiro atoms. The number of rotatable bonds is 16. The molecule has 2 aromatic heterocycles. The number of ether oxygens (including phenoxy) is 3. The van der Waals surface area contributed by atoms with E-state index in [4.69, 9.17) is 19.9 Å². The van der Waals surface area contributed by atoms with Crippen molar-refractivity contribution in [1.82, 2.24) is 38.9 Å². The largest absolute Gasteiger partial charge is 0.498 e. The van der Waals surface area contributed by atoms with Gasteiger partial charge in [0, 0.05) is 73.8 Å². The lowest BCUT2D eigenvalue weighted by atomic mass is 9.87. The molecule has 7 rings (SSSR count). The first kappa shape index (κ1) is 39.6. The lowest BCUT2D eigenvalue weighted by molar-refractivity contribution is -0.0208. The van der Waals surface area contributed by atoms with E-state index in [2.05, 4.69) is 63.1 Å². The van der Waals surface area contributed by atoms with E-state index >= 15 is 4.39 Å². The number of nitrogens with zero attached hydrogens (tertiary/aromatic N) is 8. The molecule has 56 heavy (non-hydrogen) atoms. The van der Waals surface area contributed by atoms with E-state index < -0.39 is 17.2 Å². The third-order valence-corrected chi connectivity index (χ3v) is 11.5. The molecule has 3 aromatic rings. The Hall–Kier alpha value is -4.60. The van der Waals surface area contributed by atoms with Crippen LogP contribution in [0.15, 0.2) is 83.4 Å². The first-order valence-electron chi connectivity index (χ1n) is 20.0. The Bertz CT molecular complexity index is 1980. The van der Waals surface area contributed by atoms with Gasteiger partial charge in [0.1, 0.15) is 36.2 Å². The highest BCUT2D eigenvalue weighted by Crippen LogP contribution is 2.42. The zero-order valence-corrected chi connectivity index (χ0v) is 32.7. The van der Waals surface area contributed by atoms with E-state index in [1.165, 1.54) is 29.9 Å². The predicted molar refractivity (Wildman–Crippen MR) is 208 cm³/mol. The number of halogens is 2. The van der Waals surface area contributed by atoms with Gasteiger partial charge in [0.2, 0.25) is 0 Å². The molecule has 302 valence electrons. The van der Waals surface area contributed by atoms with Crippen LogP contribution >= 0.6 is 0 Å². The fourth-order valence-corrected chi connectivity index (χ4v) is 8.56. The van der Waals surface area contributed by atoms with E-state index in [0.717, 1.165) is 75.8 Å². The Balaban J connectivity index is 0.907. The standard InChI is InChI=1S/C41H55F2N9O4/c1-29(2)39(30(3)54-20-4-15-44)52-40(53)51(28-47-52)35-8-6-33(7-9-35)48-16-18-49(19-17-48)34-10-12-36(13-11-34)55-23-31-22-41(56-24-31,25-50-27-45-26-46-50)37-14-5-32(42)21-38(37)43/h5-6,8,10,12,14,21,26-31,39H,4,7,9,11,13,15-20,22-25,44H2,1-3H3. The quantitative estimate of drug-likeness (QED) is 0.194. The van der Waals surface area contributed by atoms with Gasteiger partial charge in [-0.1, -0.05) is 19.9 Å². The Morgan fingerprint density at radius 1 is 0.946 bits per heavy atom. The van der Waals surface area contributed by atoms with Crippen LogP contribution < -0.4 is 11.4 Å². The van der Waals surface area contributed by atoms with Crippen LogP contribution in [-0.2, 0) is 26.4 Å². The van der Waals surface area contributed by atoms with Crippen LogP contribution in [0.3, 0.4) is 0 Å². The fourth-order valence-electron chi connectivity index (χ4n) is 8.56. The summed E-state index contributed by atoms with van der Waals surface area (Å²) in [6, 6.07) is 3.46. The molecule has 2 N–H and O–H groups in total. The maximum Gasteiger partial charge on any atom is 0.350 e. The van der Waals surface area contributed by atoms with Crippen molar-refractivity contribution >= 4 is 5.70 Å². The van der Waals surface area contributed by atoms with Crippen molar-refractivity contribution in [2.75, 3.05) is 52.5 Å². The first-order chi connectivity index (χ1) is 27.1. The minimum Gasteiger partial charge on any atom is -0.498 e. The number of hydrogen-bond acceptors (Lipinski definition) is 10. The van der Waals surface area contributed by atoms with E-state index in [1.807, 2.05) is 6.92 Å². The maximum atomic E-state index is 15.0. The highest BCUT2D eigenvalue weighted by Gasteiger charge is 2.45. The molecule has 2 fully saturated rings. The minimum atomic E-state index is -0.998. The van der Waals surface area contributed by atoms with Gasteiger partial charge in [0.25, 0.3) is 0 Å². The van der Waals surface area contributed by atoms with Gasteiger partial charge in [0.05, 0.1) is 37.7 Å². The molecule has 0 saturated carbocycles. The van der Waals surface area contributed by atoms with Gasteiger partial charge in [-0.05, 0) is 81.9 Å².